The number of rotatable bonds is 4. The van der Waals surface area contributed by atoms with Crippen LogP contribution in [0.4, 0.5) is 0 Å². The van der Waals surface area contributed by atoms with Crippen molar-refractivity contribution in [3.05, 3.63) is 47.2 Å². The van der Waals surface area contributed by atoms with Gasteiger partial charge in [0.15, 0.2) is 5.78 Å². The number of allylic oxidation sites excluding steroid dienone is 2. The number of benzene rings is 1. The Kier molecular flexibility index (Phi) is 4.47. The molecule has 1 aromatic carbocycles. The number of carbonyl (C=O) groups excluding carboxylic acids is 1. The molecule has 88 valence electrons. The maximum atomic E-state index is 10.9. The van der Waals surface area contributed by atoms with Gasteiger partial charge in [-0.15, -0.1) is 0 Å². The van der Waals surface area contributed by atoms with Crippen LogP contribution in [-0.2, 0) is 4.79 Å². The predicted octanol–water partition coefficient (Wildman–Crippen LogP) is 2.64. The van der Waals surface area contributed by atoms with Crippen LogP contribution < -0.4 is 5.32 Å². The van der Waals surface area contributed by atoms with Gasteiger partial charge in [0.2, 0.25) is 0 Å². The SMILES string of the molecule is CC(=O)/C=C(/C)NC(C#N)c1ccc(C)cc1. The van der Waals surface area contributed by atoms with Crippen LogP contribution in [0.25, 0.3) is 0 Å². The summed E-state index contributed by atoms with van der Waals surface area (Å²) >= 11 is 0. The topological polar surface area (TPSA) is 52.9 Å². The number of carbonyl (C=O) groups is 1. The van der Waals surface area contributed by atoms with Crippen LogP contribution in [0.15, 0.2) is 36.0 Å². The van der Waals surface area contributed by atoms with E-state index in [9.17, 15) is 4.79 Å². The Hall–Kier alpha value is -2.08. The summed E-state index contributed by atoms with van der Waals surface area (Å²) in [5.41, 5.74) is 2.75. The summed E-state index contributed by atoms with van der Waals surface area (Å²) in [5, 5.41) is 12.1. The summed E-state index contributed by atoms with van der Waals surface area (Å²) in [6, 6.07) is 9.51. The van der Waals surface area contributed by atoms with Gasteiger partial charge in [-0.3, -0.25) is 4.79 Å². The molecule has 0 aromatic heterocycles. The Morgan fingerprint density at radius 2 is 1.94 bits per heavy atom. The molecular weight excluding hydrogens is 212 g/mol. The van der Waals surface area contributed by atoms with E-state index in [2.05, 4.69) is 11.4 Å². The molecule has 0 aliphatic heterocycles. The molecule has 0 amide bonds. The molecule has 3 nitrogen and oxygen atoms in total. The zero-order valence-electron chi connectivity index (χ0n) is 10.3. The van der Waals surface area contributed by atoms with Crippen molar-refractivity contribution in [3.8, 4) is 6.07 Å². The van der Waals surface area contributed by atoms with Gasteiger partial charge in [0, 0.05) is 5.70 Å². The zero-order valence-corrected chi connectivity index (χ0v) is 10.3. The van der Waals surface area contributed by atoms with E-state index in [1.165, 1.54) is 13.0 Å². The fourth-order valence-corrected chi connectivity index (χ4v) is 1.52. The van der Waals surface area contributed by atoms with Gasteiger partial charge in [-0.25, -0.2) is 0 Å². The lowest BCUT2D eigenvalue weighted by Crippen LogP contribution is -2.18. The van der Waals surface area contributed by atoms with E-state index in [-0.39, 0.29) is 5.78 Å². The lowest BCUT2D eigenvalue weighted by atomic mass is 10.1. The molecule has 1 atom stereocenters. The van der Waals surface area contributed by atoms with Crippen molar-refractivity contribution < 1.29 is 4.79 Å². The summed E-state index contributed by atoms with van der Waals surface area (Å²) in [6.07, 6.45) is 1.48. The molecular formula is C14H16N2O. The number of nitriles is 1. The third kappa shape index (κ3) is 4.12. The Morgan fingerprint density at radius 1 is 1.35 bits per heavy atom. The van der Waals surface area contributed by atoms with E-state index in [1.807, 2.05) is 31.2 Å². The lowest BCUT2D eigenvalue weighted by Gasteiger charge is -2.13. The van der Waals surface area contributed by atoms with E-state index in [1.54, 1.807) is 6.92 Å². The van der Waals surface area contributed by atoms with Crippen molar-refractivity contribution in [3.63, 3.8) is 0 Å². The monoisotopic (exact) mass is 228 g/mol. The molecule has 0 heterocycles. The molecule has 0 radical (unpaired) electrons. The van der Waals surface area contributed by atoms with Gasteiger partial charge < -0.3 is 5.32 Å². The number of ketones is 1. The second-order valence-corrected chi connectivity index (χ2v) is 4.06. The van der Waals surface area contributed by atoms with Crippen LogP contribution in [0.5, 0.6) is 0 Å². The highest BCUT2D eigenvalue weighted by Crippen LogP contribution is 2.14. The molecule has 1 unspecified atom stereocenters. The molecule has 0 saturated heterocycles. The van der Waals surface area contributed by atoms with Gasteiger partial charge in [0.25, 0.3) is 0 Å². The minimum absolute atomic E-state index is 0.0319. The maximum Gasteiger partial charge on any atom is 0.154 e. The smallest absolute Gasteiger partial charge is 0.154 e. The number of nitrogens with zero attached hydrogens (tertiary/aromatic N) is 1. The molecule has 0 aliphatic carbocycles. The zero-order chi connectivity index (χ0) is 12.8. The minimum atomic E-state index is -0.425. The van der Waals surface area contributed by atoms with Crippen molar-refractivity contribution in [1.29, 1.82) is 5.26 Å². The molecule has 3 heteroatoms. The van der Waals surface area contributed by atoms with E-state index in [0.717, 1.165) is 11.1 Å². The minimum Gasteiger partial charge on any atom is -0.370 e. The molecule has 0 bridgehead atoms. The first-order valence-electron chi connectivity index (χ1n) is 5.44. The molecule has 1 aromatic rings. The fraction of sp³-hybridized carbons (Fsp3) is 0.286. The van der Waals surface area contributed by atoms with Crippen LogP contribution in [-0.4, -0.2) is 5.78 Å². The van der Waals surface area contributed by atoms with Crippen LogP contribution in [0.2, 0.25) is 0 Å². The average Bonchev–Trinajstić information content (AvgIpc) is 2.26. The fourth-order valence-electron chi connectivity index (χ4n) is 1.52. The highest BCUT2D eigenvalue weighted by molar-refractivity contribution is 5.87. The summed E-state index contributed by atoms with van der Waals surface area (Å²) in [7, 11) is 0. The predicted molar refractivity (Wildman–Crippen MR) is 67.1 cm³/mol. The van der Waals surface area contributed by atoms with Crippen molar-refractivity contribution in [2.45, 2.75) is 26.8 Å². The highest BCUT2D eigenvalue weighted by atomic mass is 16.1. The van der Waals surface area contributed by atoms with Gasteiger partial charge >= 0.3 is 0 Å². The summed E-state index contributed by atoms with van der Waals surface area (Å²) in [5.74, 6) is -0.0319. The lowest BCUT2D eigenvalue weighted by molar-refractivity contribution is -0.112. The van der Waals surface area contributed by atoms with Crippen LogP contribution in [0.3, 0.4) is 0 Å². The molecule has 1 rings (SSSR count). The Balaban J connectivity index is 2.83. The highest BCUT2D eigenvalue weighted by Gasteiger charge is 2.09. The quantitative estimate of drug-likeness (QED) is 0.806. The third-order valence-electron chi connectivity index (χ3n) is 2.33. The van der Waals surface area contributed by atoms with Crippen molar-refractivity contribution in [2.75, 3.05) is 0 Å². The van der Waals surface area contributed by atoms with E-state index < -0.39 is 6.04 Å². The van der Waals surface area contributed by atoms with E-state index in [4.69, 9.17) is 5.26 Å². The second kappa shape index (κ2) is 5.86. The first-order chi connectivity index (χ1) is 8.02. The van der Waals surface area contributed by atoms with Crippen molar-refractivity contribution in [2.24, 2.45) is 0 Å². The number of aryl methyl sites for hydroxylation is 1. The van der Waals surface area contributed by atoms with Crippen LogP contribution in [0.1, 0.15) is 31.0 Å². The van der Waals surface area contributed by atoms with E-state index >= 15 is 0 Å². The van der Waals surface area contributed by atoms with Crippen LogP contribution in [0, 0.1) is 18.3 Å². The van der Waals surface area contributed by atoms with Gasteiger partial charge in [-0.2, -0.15) is 5.26 Å². The Morgan fingerprint density at radius 3 is 2.41 bits per heavy atom. The van der Waals surface area contributed by atoms with Gasteiger partial charge in [0.05, 0.1) is 6.07 Å². The normalized spacial score (nSPS) is 12.7. The first-order valence-corrected chi connectivity index (χ1v) is 5.44. The molecule has 17 heavy (non-hydrogen) atoms. The van der Waals surface area contributed by atoms with Gasteiger partial charge in [0.1, 0.15) is 6.04 Å². The number of nitrogens with one attached hydrogen (secondary N) is 1. The van der Waals surface area contributed by atoms with Gasteiger partial charge in [-0.05, 0) is 32.4 Å². The first kappa shape index (κ1) is 13.0. The molecule has 0 fully saturated rings. The molecule has 0 saturated carbocycles. The molecule has 0 aliphatic rings. The third-order valence-corrected chi connectivity index (χ3v) is 2.33. The average molecular weight is 228 g/mol. The summed E-state index contributed by atoms with van der Waals surface area (Å²) in [4.78, 5) is 10.9. The molecule has 1 N–H and O–H groups in total. The summed E-state index contributed by atoms with van der Waals surface area (Å²) in [6.45, 7) is 5.26. The van der Waals surface area contributed by atoms with Crippen molar-refractivity contribution in [1.82, 2.24) is 5.32 Å². The van der Waals surface area contributed by atoms with Crippen molar-refractivity contribution >= 4 is 5.78 Å². The Labute approximate surface area is 102 Å². The Bertz CT molecular complexity index is 466. The van der Waals surface area contributed by atoms with Crippen LogP contribution >= 0.6 is 0 Å². The standard InChI is InChI=1S/C14H16N2O/c1-10-4-6-13(7-5-10)14(9-15)16-11(2)8-12(3)17/h4-8,14,16H,1-3H3/b11-8-. The number of hydrogen-bond acceptors (Lipinski definition) is 3. The summed E-state index contributed by atoms with van der Waals surface area (Å²) < 4.78 is 0. The van der Waals surface area contributed by atoms with Gasteiger partial charge in [-0.1, -0.05) is 29.8 Å². The molecule has 0 spiro atoms. The maximum absolute atomic E-state index is 10.9. The second-order valence-electron chi connectivity index (χ2n) is 4.06. The largest absolute Gasteiger partial charge is 0.370 e. The number of hydrogen-bond donors (Lipinski definition) is 1. The van der Waals surface area contributed by atoms with E-state index in [0.29, 0.717) is 5.70 Å².